The molecule has 106 valence electrons. The Morgan fingerprint density at radius 1 is 1.26 bits per heavy atom. The molecule has 0 aliphatic heterocycles. The first-order valence-electron chi connectivity index (χ1n) is 5.95. The highest BCUT2D eigenvalue weighted by molar-refractivity contribution is 5.74. The molecule has 0 spiro atoms. The van der Waals surface area contributed by atoms with Gasteiger partial charge in [-0.1, -0.05) is 30.3 Å². The predicted molar refractivity (Wildman–Crippen MR) is 66.6 cm³/mol. The van der Waals surface area contributed by atoms with E-state index >= 15 is 0 Å². The molecule has 3 nitrogen and oxygen atoms in total. The van der Waals surface area contributed by atoms with Crippen LogP contribution in [0, 0.1) is 0 Å². The van der Waals surface area contributed by atoms with Crippen LogP contribution in [0.5, 0.6) is 0 Å². The zero-order chi connectivity index (χ0) is 14.5. The number of carbonyl (C=O) groups excluding carboxylic acids is 1. The second-order valence-electron chi connectivity index (χ2n) is 4.48. The molecule has 2 amide bonds. The number of amides is 2. The summed E-state index contributed by atoms with van der Waals surface area (Å²) >= 11 is 0. The number of rotatable bonds is 4. The zero-order valence-corrected chi connectivity index (χ0v) is 10.9. The minimum Gasteiger partial charge on any atom is -0.329 e. The summed E-state index contributed by atoms with van der Waals surface area (Å²) in [7, 11) is 0. The fourth-order valence-electron chi connectivity index (χ4n) is 1.55. The van der Waals surface area contributed by atoms with Crippen molar-refractivity contribution in [2.45, 2.75) is 32.6 Å². The monoisotopic (exact) mass is 274 g/mol. The number of nitrogens with one attached hydrogen (secondary N) is 1. The van der Waals surface area contributed by atoms with Crippen molar-refractivity contribution in [3.05, 3.63) is 35.9 Å². The van der Waals surface area contributed by atoms with Gasteiger partial charge in [-0.2, -0.15) is 13.2 Å². The highest BCUT2D eigenvalue weighted by Gasteiger charge is 2.29. The van der Waals surface area contributed by atoms with Crippen LogP contribution in [0.3, 0.4) is 0 Å². The first-order chi connectivity index (χ1) is 8.79. The lowest BCUT2D eigenvalue weighted by atomic mass is 10.2. The Hall–Kier alpha value is -1.72. The quantitative estimate of drug-likeness (QED) is 0.898. The number of benzene rings is 1. The van der Waals surface area contributed by atoms with Gasteiger partial charge in [-0.15, -0.1) is 0 Å². The Balaban J connectivity index is 2.65. The van der Waals surface area contributed by atoms with Crippen LogP contribution in [-0.2, 0) is 6.54 Å². The summed E-state index contributed by atoms with van der Waals surface area (Å²) in [5.41, 5.74) is 0.873. The molecule has 0 unspecified atom stereocenters. The molecule has 0 heterocycles. The maximum atomic E-state index is 12.1. The normalized spacial score (nSPS) is 11.5. The molecule has 6 heteroatoms. The van der Waals surface area contributed by atoms with Gasteiger partial charge in [0, 0.05) is 12.6 Å². The summed E-state index contributed by atoms with van der Waals surface area (Å²) in [5, 5.41) is 1.89. The Morgan fingerprint density at radius 2 is 1.84 bits per heavy atom. The number of hydrogen-bond acceptors (Lipinski definition) is 1. The van der Waals surface area contributed by atoms with Crippen LogP contribution in [0.1, 0.15) is 19.4 Å². The molecule has 0 bridgehead atoms. The maximum Gasteiger partial charge on any atom is 0.405 e. The van der Waals surface area contributed by atoms with Crippen molar-refractivity contribution in [1.29, 1.82) is 0 Å². The summed E-state index contributed by atoms with van der Waals surface area (Å²) in [6, 6.07) is 8.24. The number of carbonyl (C=O) groups is 1. The van der Waals surface area contributed by atoms with Crippen molar-refractivity contribution in [3.8, 4) is 0 Å². The molecule has 1 rings (SSSR count). The number of halogens is 3. The molecule has 1 aromatic carbocycles. The smallest absolute Gasteiger partial charge is 0.329 e. The Morgan fingerprint density at radius 3 is 2.32 bits per heavy atom. The highest BCUT2D eigenvalue weighted by Crippen LogP contribution is 2.13. The maximum absolute atomic E-state index is 12.1. The number of urea groups is 1. The first kappa shape index (κ1) is 15.3. The second kappa shape index (κ2) is 6.45. The van der Waals surface area contributed by atoms with Crippen LogP contribution in [0.15, 0.2) is 30.3 Å². The fourth-order valence-corrected chi connectivity index (χ4v) is 1.55. The third kappa shape index (κ3) is 5.63. The van der Waals surface area contributed by atoms with Gasteiger partial charge in [-0.3, -0.25) is 0 Å². The van der Waals surface area contributed by atoms with Crippen LogP contribution in [0.25, 0.3) is 0 Å². The predicted octanol–water partition coefficient (Wildman–Crippen LogP) is 3.17. The standard InChI is InChI=1S/C13H17F3N2O/c1-10(2)18(8-11-6-4-3-5-7-11)12(19)17-9-13(14,15)16/h3-7,10H,8-9H2,1-2H3,(H,17,19). The molecule has 19 heavy (non-hydrogen) atoms. The molecule has 1 N–H and O–H groups in total. The van der Waals surface area contributed by atoms with Gasteiger partial charge in [-0.25, -0.2) is 4.79 Å². The molecule has 0 radical (unpaired) electrons. The Bertz CT molecular complexity index is 404. The fraction of sp³-hybridized carbons (Fsp3) is 0.462. The van der Waals surface area contributed by atoms with E-state index in [1.807, 2.05) is 35.6 Å². The van der Waals surface area contributed by atoms with E-state index in [2.05, 4.69) is 0 Å². The lowest BCUT2D eigenvalue weighted by Crippen LogP contribution is -2.46. The van der Waals surface area contributed by atoms with E-state index in [1.165, 1.54) is 4.90 Å². The average Bonchev–Trinajstić information content (AvgIpc) is 2.33. The number of hydrogen-bond donors (Lipinski definition) is 1. The van der Waals surface area contributed by atoms with Crippen LogP contribution in [0.4, 0.5) is 18.0 Å². The van der Waals surface area contributed by atoms with Gasteiger partial charge in [0.1, 0.15) is 6.54 Å². The molecule has 0 saturated heterocycles. The van der Waals surface area contributed by atoms with E-state index in [0.717, 1.165) is 5.56 Å². The SMILES string of the molecule is CC(C)N(Cc1ccccc1)C(=O)NCC(F)(F)F. The molecule has 0 aliphatic carbocycles. The number of nitrogens with zero attached hydrogens (tertiary/aromatic N) is 1. The summed E-state index contributed by atoms with van der Waals surface area (Å²) in [6.07, 6.45) is -4.40. The molecular formula is C13H17F3N2O. The minimum absolute atomic E-state index is 0.187. The van der Waals surface area contributed by atoms with Gasteiger partial charge < -0.3 is 10.2 Å². The van der Waals surface area contributed by atoms with E-state index in [4.69, 9.17) is 0 Å². The van der Waals surface area contributed by atoms with Crippen LogP contribution < -0.4 is 5.32 Å². The first-order valence-corrected chi connectivity index (χ1v) is 5.95. The van der Waals surface area contributed by atoms with Crippen LogP contribution >= 0.6 is 0 Å². The van der Waals surface area contributed by atoms with Crippen molar-refractivity contribution in [2.24, 2.45) is 0 Å². The van der Waals surface area contributed by atoms with E-state index in [0.29, 0.717) is 0 Å². The summed E-state index contributed by atoms with van der Waals surface area (Å²) in [5.74, 6) is 0. The van der Waals surface area contributed by atoms with Gasteiger partial charge in [0.2, 0.25) is 0 Å². The van der Waals surface area contributed by atoms with Gasteiger partial charge in [0.05, 0.1) is 0 Å². The summed E-state index contributed by atoms with van der Waals surface area (Å²) in [6.45, 7) is 2.48. The molecule has 0 aliphatic rings. The average molecular weight is 274 g/mol. The van der Waals surface area contributed by atoms with Crippen molar-refractivity contribution in [2.75, 3.05) is 6.54 Å². The highest BCUT2D eigenvalue weighted by atomic mass is 19.4. The largest absolute Gasteiger partial charge is 0.405 e. The summed E-state index contributed by atoms with van der Waals surface area (Å²) in [4.78, 5) is 13.1. The Kier molecular flexibility index (Phi) is 5.20. The van der Waals surface area contributed by atoms with Crippen molar-refractivity contribution < 1.29 is 18.0 Å². The van der Waals surface area contributed by atoms with E-state index in [9.17, 15) is 18.0 Å². The molecule has 1 aromatic rings. The second-order valence-corrected chi connectivity index (χ2v) is 4.48. The molecule has 0 aromatic heterocycles. The topological polar surface area (TPSA) is 32.3 Å². The van der Waals surface area contributed by atoms with Gasteiger partial charge in [0.15, 0.2) is 0 Å². The van der Waals surface area contributed by atoms with Crippen molar-refractivity contribution in [3.63, 3.8) is 0 Å². The third-order valence-electron chi connectivity index (χ3n) is 2.52. The Labute approximate surface area is 110 Å². The number of alkyl halides is 3. The third-order valence-corrected chi connectivity index (χ3v) is 2.52. The molecule has 0 fully saturated rings. The van der Waals surface area contributed by atoms with Crippen LogP contribution in [-0.4, -0.2) is 29.7 Å². The van der Waals surface area contributed by atoms with Crippen molar-refractivity contribution in [1.82, 2.24) is 10.2 Å². The van der Waals surface area contributed by atoms with E-state index < -0.39 is 18.8 Å². The zero-order valence-electron chi connectivity index (χ0n) is 10.9. The van der Waals surface area contributed by atoms with Gasteiger partial charge in [0.25, 0.3) is 0 Å². The molecule has 0 atom stereocenters. The summed E-state index contributed by atoms with van der Waals surface area (Å²) < 4.78 is 36.2. The van der Waals surface area contributed by atoms with E-state index in [1.54, 1.807) is 13.8 Å². The lowest BCUT2D eigenvalue weighted by molar-refractivity contribution is -0.123. The van der Waals surface area contributed by atoms with Crippen molar-refractivity contribution >= 4 is 6.03 Å². The van der Waals surface area contributed by atoms with E-state index in [-0.39, 0.29) is 12.6 Å². The lowest BCUT2D eigenvalue weighted by Gasteiger charge is -2.27. The van der Waals surface area contributed by atoms with Crippen LogP contribution in [0.2, 0.25) is 0 Å². The van der Waals surface area contributed by atoms with Gasteiger partial charge >= 0.3 is 12.2 Å². The van der Waals surface area contributed by atoms with Gasteiger partial charge in [-0.05, 0) is 19.4 Å². The molecule has 0 saturated carbocycles. The molecular weight excluding hydrogens is 257 g/mol. The minimum atomic E-state index is -4.40.